The molecule has 0 aromatic carbocycles. The number of nitrogens with one attached hydrogen (secondary N) is 1. The SMILES string of the molecule is CNC(=O)C1CCCN(C(=O)C(C#N)=CC2CC2)C1. The Bertz CT molecular complexity index is 446. The Morgan fingerprint density at radius 2 is 2.11 bits per heavy atom. The Morgan fingerprint density at radius 1 is 1.37 bits per heavy atom. The van der Waals surface area contributed by atoms with E-state index in [9.17, 15) is 9.59 Å². The summed E-state index contributed by atoms with van der Waals surface area (Å²) in [5.41, 5.74) is 0.236. The molecule has 2 fully saturated rings. The molecule has 2 aliphatic rings. The molecule has 102 valence electrons. The zero-order valence-corrected chi connectivity index (χ0v) is 11.2. The number of nitrogens with zero attached hydrogens (tertiary/aromatic N) is 2. The number of rotatable bonds is 3. The smallest absolute Gasteiger partial charge is 0.264 e. The zero-order valence-electron chi connectivity index (χ0n) is 11.2. The first-order valence-corrected chi connectivity index (χ1v) is 6.78. The highest BCUT2D eigenvalue weighted by Crippen LogP contribution is 2.31. The van der Waals surface area contributed by atoms with Crippen molar-refractivity contribution < 1.29 is 9.59 Å². The molecule has 1 unspecified atom stereocenters. The molecule has 0 bridgehead atoms. The number of piperidine rings is 1. The van der Waals surface area contributed by atoms with Crippen molar-refractivity contribution in [3.05, 3.63) is 11.6 Å². The van der Waals surface area contributed by atoms with E-state index in [-0.39, 0.29) is 23.3 Å². The molecule has 19 heavy (non-hydrogen) atoms. The van der Waals surface area contributed by atoms with Crippen LogP contribution in [0.15, 0.2) is 11.6 Å². The van der Waals surface area contributed by atoms with E-state index in [1.807, 2.05) is 6.07 Å². The minimum absolute atomic E-state index is 0.0258. The first kappa shape index (κ1) is 13.6. The summed E-state index contributed by atoms with van der Waals surface area (Å²) in [7, 11) is 1.61. The summed E-state index contributed by atoms with van der Waals surface area (Å²) >= 11 is 0. The Hall–Kier alpha value is -1.83. The van der Waals surface area contributed by atoms with Gasteiger partial charge in [-0.05, 0) is 31.6 Å². The Labute approximate surface area is 113 Å². The third-order valence-corrected chi connectivity index (χ3v) is 3.70. The molecule has 0 aromatic rings. The van der Waals surface area contributed by atoms with Gasteiger partial charge in [-0.1, -0.05) is 6.08 Å². The van der Waals surface area contributed by atoms with E-state index < -0.39 is 0 Å². The van der Waals surface area contributed by atoms with Crippen molar-refractivity contribution in [2.75, 3.05) is 20.1 Å². The molecular formula is C14H19N3O2. The van der Waals surface area contributed by atoms with E-state index in [2.05, 4.69) is 5.32 Å². The van der Waals surface area contributed by atoms with Crippen molar-refractivity contribution in [1.82, 2.24) is 10.2 Å². The monoisotopic (exact) mass is 261 g/mol. The molecule has 1 heterocycles. The Balaban J connectivity index is 2.02. The fourth-order valence-corrected chi connectivity index (χ4v) is 2.41. The van der Waals surface area contributed by atoms with Crippen LogP contribution in [0.5, 0.6) is 0 Å². The van der Waals surface area contributed by atoms with Crippen LogP contribution in [0.3, 0.4) is 0 Å². The van der Waals surface area contributed by atoms with E-state index >= 15 is 0 Å². The third-order valence-electron chi connectivity index (χ3n) is 3.70. The fourth-order valence-electron chi connectivity index (χ4n) is 2.41. The minimum atomic E-state index is -0.219. The van der Waals surface area contributed by atoms with Gasteiger partial charge < -0.3 is 10.2 Å². The number of hydrogen-bond donors (Lipinski definition) is 1. The molecule has 0 aromatic heterocycles. The molecule has 1 saturated heterocycles. The van der Waals surface area contributed by atoms with Gasteiger partial charge in [0.05, 0.1) is 5.92 Å². The molecule has 0 spiro atoms. The predicted molar refractivity (Wildman–Crippen MR) is 69.8 cm³/mol. The summed E-state index contributed by atoms with van der Waals surface area (Å²) in [6.07, 6.45) is 5.54. The number of hydrogen-bond acceptors (Lipinski definition) is 3. The quantitative estimate of drug-likeness (QED) is 0.604. The molecule has 1 N–H and O–H groups in total. The second kappa shape index (κ2) is 5.87. The summed E-state index contributed by atoms with van der Waals surface area (Å²) in [5, 5.41) is 11.7. The molecular weight excluding hydrogens is 242 g/mol. The van der Waals surface area contributed by atoms with Gasteiger partial charge in [-0.15, -0.1) is 0 Å². The Kier molecular flexibility index (Phi) is 4.20. The van der Waals surface area contributed by atoms with E-state index in [1.54, 1.807) is 18.0 Å². The van der Waals surface area contributed by atoms with Crippen LogP contribution in [0.2, 0.25) is 0 Å². The fraction of sp³-hybridized carbons (Fsp3) is 0.643. The first-order valence-electron chi connectivity index (χ1n) is 6.78. The highest BCUT2D eigenvalue weighted by molar-refractivity contribution is 5.97. The van der Waals surface area contributed by atoms with Gasteiger partial charge >= 0.3 is 0 Å². The minimum Gasteiger partial charge on any atom is -0.359 e. The van der Waals surface area contributed by atoms with Gasteiger partial charge in [0.25, 0.3) is 5.91 Å². The molecule has 2 rings (SSSR count). The number of nitriles is 1. The van der Waals surface area contributed by atoms with Gasteiger partial charge in [-0.25, -0.2) is 0 Å². The maximum absolute atomic E-state index is 12.3. The van der Waals surface area contributed by atoms with Gasteiger partial charge in [0.15, 0.2) is 0 Å². The molecule has 0 radical (unpaired) electrons. The lowest BCUT2D eigenvalue weighted by atomic mass is 9.96. The summed E-state index contributed by atoms with van der Waals surface area (Å²) in [6.45, 7) is 1.05. The van der Waals surface area contributed by atoms with Gasteiger partial charge in [0.1, 0.15) is 11.6 Å². The standard InChI is InChI=1S/C14H19N3O2/c1-16-13(18)11-3-2-6-17(9-11)14(19)12(8-15)7-10-4-5-10/h7,10-11H,2-6,9H2,1H3,(H,16,18). The van der Waals surface area contributed by atoms with E-state index in [1.165, 1.54) is 0 Å². The lowest BCUT2D eigenvalue weighted by Gasteiger charge is -2.31. The van der Waals surface area contributed by atoms with Crippen LogP contribution in [-0.4, -0.2) is 36.9 Å². The van der Waals surface area contributed by atoms with Crippen molar-refractivity contribution in [2.24, 2.45) is 11.8 Å². The highest BCUT2D eigenvalue weighted by atomic mass is 16.2. The number of carbonyl (C=O) groups excluding carboxylic acids is 2. The van der Waals surface area contributed by atoms with Gasteiger partial charge in [0.2, 0.25) is 5.91 Å². The van der Waals surface area contributed by atoms with Gasteiger partial charge in [0, 0.05) is 20.1 Å². The Morgan fingerprint density at radius 3 is 2.68 bits per heavy atom. The zero-order chi connectivity index (χ0) is 13.8. The van der Waals surface area contributed by atoms with Crippen molar-refractivity contribution in [3.63, 3.8) is 0 Å². The van der Waals surface area contributed by atoms with Gasteiger partial charge in [-0.3, -0.25) is 9.59 Å². The molecule has 1 saturated carbocycles. The summed E-state index contributed by atoms with van der Waals surface area (Å²) < 4.78 is 0. The molecule has 5 heteroatoms. The maximum atomic E-state index is 12.3. The molecule has 5 nitrogen and oxygen atoms in total. The van der Waals surface area contributed by atoms with Crippen molar-refractivity contribution in [3.8, 4) is 6.07 Å². The second-order valence-corrected chi connectivity index (χ2v) is 5.23. The lowest BCUT2D eigenvalue weighted by Crippen LogP contribution is -2.45. The van der Waals surface area contributed by atoms with Crippen LogP contribution >= 0.6 is 0 Å². The molecule has 2 amide bonds. The van der Waals surface area contributed by atoms with E-state index in [4.69, 9.17) is 5.26 Å². The molecule has 1 aliphatic heterocycles. The third kappa shape index (κ3) is 3.34. The second-order valence-electron chi connectivity index (χ2n) is 5.23. The largest absolute Gasteiger partial charge is 0.359 e. The van der Waals surface area contributed by atoms with Crippen LogP contribution in [0.4, 0.5) is 0 Å². The summed E-state index contributed by atoms with van der Waals surface area (Å²) in [6, 6.07) is 2.00. The average molecular weight is 261 g/mol. The van der Waals surface area contributed by atoms with Crippen LogP contribution in [0.25, 0.3) is 0 Å². The molecule has 1 atom stereocenters. The highest BCUT2D eigenvalue weighted by Gasteiger charge is 2.30. The summed E-state index contributed by atoms with van der Waals surface area (Å²) in [4.78, 5) is 25.5. The van der Waals surface area contributed by atoms with Crippen LogP contribution in [0, 0.1) is 23.2 Å². The van der Waals surface area contributed by atoms with Crippen LogP contribution in [0.1, 0.15) is 25.7 Å². The van der Waals surface area contributed by atoms with E-state index in [0.29, 0.717) is 19.0 Å². The average Bonchev–Trinajstić information content (AvgIpc) is 3.27. The van der Waals surface area contributed by atoms with Gasteiger partial charge in [-0.2, -0.15) is 5.26 Å². The lowest BCUT2D eigenvalue weighted by molar-refractivity contribution is -0.132. The summed E-state index contributed by atoms with van der Waals surface area (Å²) in [5.74, 6) is 0.00637. The maximum Gasteiger partial charge on any atom is 0.264 e. The predicted octanol–water partition coefficient (Wildman–Crippen LogP) is 0.831. The number of allylic oxidation sites excluding steroid dienone is 1. The number of amides is 2. The van der Waals surface area contributed by atoms with E-state index in [0.717, 1.165) is 25.7 Å². The van der Waals surface area contributed by atoms with Crippen LogP contribution in [-0.2, 0) is 9.59 Å². The first-order chi connectivity index (χ1) is 9.15. The van der Waals surface area contributed by atoms with Crippen molar-refractivity contribution in [2.45, 2.75) is 25.7 Å². The number of likely N-dealkylation sites (tertiary alicyclic amines) is 1. The van der Waals surface area contributed by atoms with Crippen LogP contribution < -0.4 is 5.32 Å². The van der Waals surface area contributed by atoms with Crippen molar-refractivity contribution in [1.29, 1.82) is 5.26 Å². The topological polar surface area (TPSA) is 73.2 Å². The normalized spacial score (nSPS) is 23.7. The number of carbonyl (C=O) groups is 2. The molecule has 1 aliphatic carbocycles. The van der Waals surface area contributed by atoms with Crippen molar-refractivity contribution >= 4 is 11.8 Å².